The van der Waals surface area contributed by atoms with E-state index in [0.29, 0.717) is 19.8 Å². The summed E-state index contributed by atoms with van der Waals surface area (Å²) in [6.07, 6.45) is 2.10. The van der Waals surface area contributed by atoms with Gasteiger partial charge in [-0.2, -0.15) is 0 Å². The van der Waals surface area contributed by atoms with E-state index in [1.165, 1.54) is 4.90 Å². The fraction of sp³-hybridized carbons (Fsp3) is 0.786. The van der Waals surface area contributed by atoms with E-state index in [0.717, 1.165) is 12.8 Å². The molecule has 0 bridgehead atoms. The van der Waals surface area contributed by atoms with Gasteiger partial charge in [0.2, 0.25) is 11.8 Å². The maximum Gasteiger partial charge on any atom is 0.306 e. The van der Waals surface area contributed by atoms with E-state index in [1.54, 1.807) is 6.92 Å². The molecule has 1 saturated heterocycles. The monoisotopic (exact) mass is 298 g/mol. The molecule has 21 heavy (non-hydrogen) atoms. The Labute approximate surface area is 123 Å². The normalized spacial score (nSPS) is 21.8. The molecule has 1 unspecified atom stereocenters. The van der Waals surface area contributed by atoms with Crippen LogP contribution in [0, 0.1) is 0 Å². The molecule has 1 aliphatic carbocycles. The van der Waals surface area contributed by atoms with Crippen LogP contribution in [0.25, 0.3) is 0 Å². The molecule has 0 radical (unpaired) electrons. The third-order valence-electron chi connectivity index (χ3n) is 3.52. The van der Waals surface area contributed by atoms with Crippen LogP contribution in [-0.4, -0.2) is 61.1 Å². The van der Waals surface area contributed by atoms with Crippen molar-refractivity contribution in [1.82, 2.24) is 10.2 Å². The standard InChI is InChI=1S/C14H22N2O5/c1-2-21-13(18)6-5-12(17)16-7-8-20-9-11(16)14(19)15-10-3-4-10/h10-11H,2-9H2,1H3,(H,15,19). The van der Waals surface area contributed by atoms with Crippen LogP contribution in [0.3, 0.4) is 0 Å². The van der Waals surface area contributed by atoms with Crippen molar-refractivity contribution >= 4 is 17.8 Å². The number of amides is 2. The molecule has 0 aromatic carbocycles. The second-order valence-corrected chi connectivity index (χ2v) is 5.27. The summed E-state index contributed by atoms with van der Waals surface area (Å²) < 4.78 is 10.1. The highest BCUT2D eigenvalue weighted by Crippen LogP contribution is 2.20. The topological polar surface area (TPSA) is 84.9 Å². The van der Waals surface area contributed by atoms with Gasteiger partial charge in [-0.25, -0.2) is 0 Å². The van der Waals surface area contributed by atoms with Crippen LogP contribution in [0.2, 0.25) is 0 Å². The number of esters is 1. The van der Waals surface area contributed by atoms with Crippen molar-refractivity contribution in [3.05, 3.63) is 0 Å². The lowest BCUT2D eigenvalue weighted by molar-refractivity contribution is -0.151. The predicted octanol–water partition coefficient (Wildman–Crippen LogP) is -0.164. The van der Waals surface area contributed by atoms with E-state index in [-0.39, 0.29) is 37.3 Å². The average molecular weight is 298 g/mol. The van der Waals surface area contributed by atoms with E-state index >= 15 is 0 Å². The average Bonchev–Trinajstić information content (AvgIpc) is 3.29. The number of nitrogens with zero attached hydrogens (tertiary/aromatic N) is 1. The van der Waals surface area contributed by atoms with Crippen LogP contribution in [0.1, 0.15) is 32.6 Å². The van der Waals surface area contributed by atoms with Crippen molar-refractivity contribution in [3.63, 3.8) is 0 Å². The molecule has 0 spiro atoms. The maximum absolute atomic E-state index is 12.2. The van der Waals surface area contributed by atoms with Crippen LogP contribution in [0.4, 0.5) is 0 Å². The Bertz CT molecular complexity index is 408. The van der Waals surface area contributed by atoms with Gasteiger partial charge in [-0.05, 0) is 19.8 Å². The number of hydrogen-bond donors (Lipinski definition) is 1. The molecule has 2 fully saturated rings. The Balaban J connectivity index is 1.86. The molecular weight excluding hydrogens is 276 g/mol. The van der Waals surface area contributed by atoms with E-state index < -0.39 is 12.0 Å². The minimum atomic E-state index is -0.589. The number of carbonyl (C=O) groups excluding carboxylic acids is 3. The predicted molar refractivity (Wildman–Crippen MR) is 73.4 cm³/mol. The molecule has 1 N–H and O–H groups in total. The smallest absolute Gasteiger partial charge is 0.306 e. The Morgan fingerprint density at radius 2 is 2.05 bits per heavy atom. The molecule has 2 amide bonds. The lowest BCUT2D eigenvalue weighted by atomic mass is 10.1. The van der Waals surface area contributed by atoms with Gasteiger partial charge in [0.05, 0.1) is 26.2 Å². The first kappa shape index (κ1) is 15.8. The molecule has 0 aromatic heterocycles. The van der Waals surface area contributed by atoms with Gasteiger partial charge in [0.1, 0.15) is 6.04 Å². The summed E-state index contributed by atoms with van der Waals surface area (Å²) in [7, 11) is 0. The highest BCUT2D eigenvalue weighted by molar-refractivity contribution is 5.89. The summed E-state index contributed by atoms with van der Waals surface area (Å²) in [5.41, 5.74) is 0. The summed E-state index contributed by atoms with van der Waals surface area (Å²) in [4.78, 5) is 37.1. The van der Waals surface area contributed by atoms with Crippen molar-refractivity contribution in [1.29, 1.82) is 0 Å². The summed E-state index contributed by atoms with van der Waals surface area (Å²) in [5.74, 6) is -0.762. The zero-order valence-electron chi connectivity index (χ0n) is 12.3. The Hall–Kier alpha value is -1.63. The summed E-state index contributed by atoms with van der Waals surface area (Å²) in [5, 5.41) is 2.89. The van der Waals surface area contributed by atoms with Crippen LogP contribution in [-0.2, 0) is 23.9 Å². The highest BCUT2D eigenvalue weighted by atomic mass is 16.5. The van der Waals surface area contributed by atoms with Gasteiger partial charge >= 0.3 is 5.97 Å². The Morgan fingerprint density at radius 3 is 2.71 bits per heavy atom. The first-order valence-electron chi connectivity index (χ1n) is 7.45. The molecule has 2 aliphatic rings. The molecular formula is C14H22N2O5. The molecule has 7 heteroatoms. The van der Waals surface area contributed by atoms with E-state index in [9.17, 15) is 14.4 Å². The first-order valence-corrected chi connectivity index (χ1v) is 7.45. The number of nitrogens with one attached hydrogen (secondary N) is 1. The third-order valence-corrected chi connectivity index (χ3v) is 3.52. The van der Waals surface area contributed by atoms with Gasteiger partial charge in [0.15, 0.2) is 0 Å². The molecule has 0 aromatic rings. The molecule has 2 rings (SSSR count). The third kappa shape index (κ3) is 4.70. The van der Waals surface area contributed by atoms with Crippen molar-refractivity contribution in [2.24, 2.45) is 0 Å². The van der Waals surface area contributed by atoms with Crippen LogP contribution < -0.4 is 5.32 Å². The molecule has 1 saturated carbocycles. The molecule has 1 aliphatic heterocycles. The van der Waals surface area contributed by atoms with Gasteiger partial charge < -0.3 is 19.7 Å². The largest absolute Gasteiger partial charge is 0.466 e. The zero-order valence-corrected chi connectivity index (χ0v) is 12.3. The highest BCUT2D eigenvalue weighted by Gasteiger charge is 2.35. The molecule has 1 heterocycles. The minimum absolute atomic E-state index is 0.0427. The lowest BCUT2D eigenvalue weighted by Crippen LogP contribution is -2.56. The fourth-order valence-electron chi connectivity index (χ4n) is 2.23. The van der Waals surface area contributed by atoms with E-state index in [1.807, 2.05) is 0 Å². The van der Waals surface area contributed by atoms with Gasteiger partial charge in [-0.1, -0.05) is 0 Å². The van der Waals surface area contributed by atoms with Crippen LogP contribution in [0.15, 0.2) is 0 Å². The number of rotatable bonds is 6. The van der Waals surface area contributed by atoms with Gasteiger partial charge in [0, 0.05) is 19.0 Å². The number of morpholine rings is 1. The molecule has 118 valence electrons. The Kier molecular flexibility index (Phi) is 5.55. The zero-order chi connectivity index (χ0) is 15.2. The van der Waals surface area contributed by atoms with Crippen molar-refractivity contribution in [2.75, 3.05) is 26.4 Å². The fourth-order valence-corrected chi connectivity index (χ4v) is 2.23. The van der Waals surface area contributed by atoms with Crippen molar-refractivity contribution in [2.45, 2.75) is 44.7 Å². The summed E-state index contributed by atoms with van der Waals surface area (Å²) in [6, 6.07) is -0.343. The Morgan fingerprint density at radius 1 is 1.29 bits per heavy atom. The number of hydrogen-bond acceptors (Lipinski definition) is 5. The molecule has 1 atom stereocenters. The van der Waals surface area contributed by atoms with Gasteiger partial charge in [0.25, 0.3) is 0 Å². The number of carbonyl (C=O) groups is 3. The first-order chi connectivity index (χ1) is 10.1. The van der Waals surface area contributed by atoms with E-state index in [4.69, 9.17) is 9.47 Å². The second-order valence-electron chi connectivity index (χ2n) is 5.27. The second kappa shape index (κ2) is 7.40. The maximum atomic E-state index is 12.2. The van der Waals surface area contributed by atoms with E-state index in [2.05, 4.69) is 5.32 Å². The van der Waals surface area contributed by atoms with Crippen LogP contribution in [0.5, 0.6) is 0 Å². The van der Waals surface area contributed by atoms with Gasteiger partial charge in [-0.3, -0.25) is 14.4 Å². The lowest BCUT2D eigenvalue weighted by Gasteiger charge is -2.34. The number of ether oxygens (including phenoxy) is 2. The van der Waals surface area contributed by atoms with Gasteiger partial charge in [-0.15, -0.1) is 0 Å². The minimum Gasteiger partial charge on any atom is -0.466 e. The molecule has 7 nitrogen and oxygen atoms in total. The van der Waals surface area contributed by atoms with Crippen molar-refractivity contribution < 1.29 is 23.9 Å². The quantitative estimate of drug-likeness (QED) is 0.689. The SMILES string of the molecule is CCOC(=O)CCC(=O)N1CCOCC1C(=O)NC1CC1. The summed E-state index contributed by atoms with van der Waals surface area (Å²) in [6.45, 7) is 3.03. The summed E-state index contributed by atoms with van der Waals surface area (Å²) >= 11 is 0. The van der Waals surface area contributed by atoms with Crippen LogP contribution >= 0.6 is 0 Å². The van der Waals surface area contributed by atoms with Crippen molar-refractivity contribution in [3.8, 4) is 0 Å².